The summed E-state index contributed by atoms with van der Waals surface area (Å²) >= 11 is 0. The van der Waals surface area contributed by atoms with Crippen LogP contribution in [0.25, 0.3) is 39.3 Å². The van der Waals surface area contributed by atoms with Crippen molar-refractivity contribution in [2.45, 2.75) is 46.5 Å². The molecule has 5 N–H and O–H groups in total. The monoisotopic (exact) mass is 984 g/mol. The van der Waals surface area contributed by atoms with E-state index in [1.54, 1.807) is 43.3 Å². The Morgan fingerprint density at radius 2 is 1.21 bits per heavy atom. The number of ether oxygens (including phenoxy) is 1. The van der Waals surface area contributed by atoms with Crippen LogP contribution in [0, 0.1) is 31.4 Å². The number of nitrogens with two attached hydrogens (primary N) is 1. The fraction of sp³-hybridized carbons (Fsp3) is 0.218. The number of H-pyrrole nitrogens is 1. The number of esters is 1. The van der Waals surface area contributed by atoms with E-state index in [4.69, 9.17) is 15.7 Å². The number of halogens is 3. The number of ketones is 1. The van der Waals surface area contributed by atoms with Crippen molar-refractivity contribution in [1.82, 2.24) is 28.9 Å². The van der Waals surface area contributed by atoms with Crippen LogP contribution in [0.1, 0.15) is 51.5 Å². The Morgan fingerprint density at radius 1 is 0.718 bits per heavy atom. The standard InChI is InChI=1S/C26H23FN4O.C19H19FO3.C8H10N4.C2H6O.ClH/c1-17-7-12-19(13-8-17)24-21(16-11-18-9-14-20(27)15-10-18)25(32)31(29-24)26-28-22-5-3-4-6-23(22)30(26)2;1-13-3-8-15(9-4-13)18(21)17(19(22)23-2)12-7-14-5-10-16(20)11-6-14;1-12-7-5-3-2-4-6(7)10-8(12)11-9;1-2-3;/h3-10,12-15,29H,11,16H2,1-2H3;3-6,8-11,17H,7,12H2,1-2H3;2-5H,9H2,1H3,(H,10,11);3H,2H2,1H3;1H. The number of aliphatic hydroxyl groups excluding tert-OH is 1. The number of nitrogens with one attached hydrogen (secondary N) is 2. The Balaban J connectivity index is 0.000000209. The van der Waals surface area contributed by atoms with Crippen molar-refractivity contribution >= 4 is 52.2 Å². The number of nitrogen functional groups attached to an aromatic ring is 1. The summed E-state index contributed by atoms with van der Waals surface area (Å²) in [6.07, 6.45) is 1.98. The summed E-state index contributed by atoms with van der Waals surface area (Å²) in [6.45, 7) is 5.90. The molecule has 6 aromatic carbocycles. The van der Waals surface area contributed by atoms with Crippen LogP contribution in [0.2, 0.25) is 0 Å². The van der Waals surface area contributed by atoms with Gasteiger partial charge in [0.05, 0.1) is 34.9 Å². The van der Waals surface area contributed by atoms with Crippen molar-refractivity contribution in [3.05, 3.63) is 201 Å². The van der Waals surface area contributed by atoms with E-state index < -0.39 is 11.9 Å². The zero-order valence-electron chi connectivity index (χ0n) is 40.5. The van der Waals surface area contributed by atoms with Crippen LogP contribution in [0.5, 0.6) is 0 Å². The number of fused-ring (bicyclic) bond motifs is 2. The Kier molecular flexibility index (Phi) is 19.7. The highest BCUT2D eigenvalue weighted by Gasteiger charge is 2.28. The van der Waals surface area contributed by atoms with Crippen LogP contribution in [-0.2, 0) is 42.9 Å². The number of anilines is 1. The van der Waals surface area contributed by atoms with Gasteiger partial charge in [-0.2, -0.15) is 4.68 Å². The number of aromatic nitrogens is 6. The van der Waals surface area contributed by atoms with Gasteiger partial charge in [0.25, 0.3) is 5.56 Å². The molecule has 1 atom stereocenters. The molecule has 0 fully saturated rings. The lowest BCUT2D eigenvalue weighted by Crippen LogP contribution is -2.26. The highest BCUT2D eigenvalue weighted by Crippen LogP contribution is 2.25. The summed E-state index contributed by atoms with van der Waals surface area (Å²) in [5.41, 5.74) is 13.2. The van der Waals surface area contributed by atoms with E-state index in [1.165, 1.54) is 36.1 Å². The van der Waals surface area contributed by atoms with Gasteiger partial charge in [-0.15, -0.1) is 12.4 Å². The molecule has 1 unspecified atom stereocenters. The molecular formula is C55H59ClF2N8O5. The number of aliphatic hydroxyl groups is 1. The third kappa shape index (κ3) is 13.8. The fourth-order valence-corrected chi connectivity index (χ4v) is 7.71. The third-order valence-corrected chi connectivity index (χ3v) is 11.6. The molecule has 0 bridgehead atoms. The number of para-hydroxylation sites is 4. The maximum Gasteiger partial charge on any atom is 0.316 e. The van der Waals surface area contributed by atoms with Gasteiger partial charge in [0, 0.05) is 31.8 Å². The van der Waals surface area contributed by atoms with Crippen LogP contribution in [-0.4, -0.2) is 59.5 Å². The maximum absolute atomic E-state index is 13.6. The SMILES string of the molecule is CCO.COC(=O)C(CCc1ccc(F)cc1)C(=O)c1ccc(C)cc1.Cc1ccc(-c2[nH]n(-c3nc4ccccc4n3C)c(=O)c2CCc2ccc(F)cc2)cc1.Cl.Cn1c(NN)nc2ccccc21. The zero-order chi connectivity index (χ0) is 50.3. The number of nitrogens with zero attached hydrogens (tertiary/aromatic N) is 5. The second-order valence-electron chi connectivity index (χ2n) is 16.5. The molecule has 71 heavy (non-hydrogen) atoms. The predicted molar refractivity (Wildman–Crippen MR) is 279 cm³/mol. The molecule has 0 aliphatic rings. The van der Waals surface area contributed by atoms with E-state index in [0.29, 0.717) is 48.7 Å². The number of aryl methyl sites for hydroxylation is 6. The van der Waals surface area contributed by atoms with Crippen molar-refractivity contribution < 1.29 is 28.2 Å². The van der Waals surface area contributed by atoms with Gasteiger partial charge in [0.15, 0.2) is 5.78 Å². The molecule has 16 heteroatoms. The Hall–Kier alpha value is -7.72. The first-order valence-electron chi connectivity index (χ1n) is 22.8. The number of carbonyl (C=O) groups is 2. The molecule has 0 aliphatic carbocycles. The molecule has 0 saturated heterocycles. The second kappa shape index (κ2) is 25.8. The first-order valence-corrected chi connectivity index (χ1v) is 22.8. The Bertz CT molecular complexity index is 3200. The second-order valence-corrected chi connectivity index (χ2v) is 16.5. The first-order chi connectivity index (χ1) is 33.8. The molecule has 0 aliphatic heterocycles. The summed E-state index contributed by atoms with van der Waals surface area (Å²) in [4.78, 5) is 47.0. The number of hydrazine groups is 1. The molecule has 13 nitrogen and oxygen atoms in total. The molecule has 0 spiro atoms. The summed E-state index contributed by atoms with van der Waals surface area (Å²) < 4.78 is 36.3. The normalized spacial score (nSPS) is 11.0. The minimum Gasteiger partial charge on any atom is -0.468 e. The highest BCUT2D eigenvalue weighted by atomic mass is 35.5. The Morgan fingerprint density at radius 3 is 1.72 bits per heavy atom. The number of rotatable bonds is 12. The van der Waals surface area contributed by atoms with E-state index in [2.05, 4.69) is 20.5 Å². The van der Waals surface area contributed by atoms with Gasteiger partial charge in [0.2, 0.25) is 11.9 Å². The van der Waals surface area contributed by atoms with E-state index in [9.17, 15) is 23.2 Å². The first kappa shape index (κ1) is 54.2. The van der Waals surface area contributed by atoms with Crippen LogP contribution in [0.15, 0.2) is 150 Å². The number of carbonyl (C=O) groups excluding carboxylic acids is 2. The van der Waals surface area contributed by atoms with Gasteiger partial charge in [-0.1, -0.05) is 108 Å². The van der Waals surface area contributed by atoms with Crippen LogP contribution in [0.4, 0.5) is 14.7 Å². The van der Waals surface area contributed by atoms with Gasteiger partial charge >= 0.3 is 5.97 Å². The molecular weight excluding hydrogens is 926 g/mol. The number of aromatic amines is 1. The Labute approximate surface area is 417 Å². The summed E-state index contributed by atoms with van der Waals surface area (Å²) in [5, 5.41) is 10.9. The number of hydrogen-bond donors (Lipinski definition) is 4. The number of benzene rings is 6. The average Bonchev–Trinajstić information content (AvgIpc) is 4.01. The van der Waals surface area contributed by atoms with Gasteiger partial charge in [-0.05, 0) is 112 Å². The minimum atomic E-state index is -0.854. The average molecular weight is 986 g/mol. The topological polar surface area (TPSA) is 175 Å². The van der Waals surface area contributed by atoms with Crippen LogP contribution in [0.3, 0.4) is 0 Å². The molecule has 370 valence electrons. The molecule has 3 heterocycles. The summed E-state index contributed by atoms with van der Waals surface area (Å²) in [6, 6.07) is 43.3. The maximum atomic E-state index is 13.6. The van der Waals surface area contributed by atoms with Crippen LogP contribution >= 0.6 is 12.4 Å². The molecule has 0 saturated carbocycles. The van der Waals surface area contributed by atoms with Gasteiger partial charge in [-0.3, -0.25) is 24.9 Å². The van der Waals surface area contributed by atoms with Crippen molar-refractivity contribution in [1.29, 1.82) is 0 Å². The van der Waals surface area contributed by atoms with E-state index in [0.717, 1.165) is 55.6 Å². The minimum absolute atomic E-state index is 0. The molecule has 0 radical (unpaired) electrons. The number of methoxy groups -OCH3 is 1. The van der Waals surface area contributed by atoms with Crippen LogP contribution < -0.4 is 16.8 Å². The van der Waals surface area contributed by atoms with E-state index in [1.807, 2.05) is 122 Å². The van der Waals surface area contributed by atoms with Crippen molar-refractivity contribution in [3.63, 3.8) is 0 Å². The summed E-state index contributed by atoms with van der Waals surface area (Å²) in [5.74, 6) is 4.27. The number of Topliss-reactive ketones (excluding diaryl/α,β-unsaturated/α-hetero) is 1. The lowest BCUT2D eigenvalue weighted by atomic mass is 9.91. The smallest absolute Gasteiger partial charge is 0.316 e. The van der Waals surface area contributed by atoms with E-state index in [-0.39, 0.29) is 42.0 Å². The highest BCUT2D eigenvalue weighted by molar-refractivity contribution is 6.08. The van der Waals surface area contributed by atoms with E-state index >= 15 is 0 Å². The lowest BCUT2D eigenvalue weighted by molar-refractivity contribution is -0.143. The summed E-state index contributed by atoms with van der Waals surface area (Å²) in [7, 11) is 5.10. The van der Waals surface area contributed by atoms with Gasteiger partial charge in [0.1, 0.15) is 17.6 Å². The van der Waals surface area contributed by atoms with Crippen molar-refractivity contribution in [3.8, 4) is 17.2 Å². The quantitative estimate of drug-likeness (QED) is 0.0305. The molecule has 3 aromatic heterocycles. The van der Waals surface area contributed by atoms with Gasteiger partial charge < -0.3 is 19.0 Å². The largest absolute Gasteiger partial charge is 0.468 e. The van der Waals surface area contributed by atoms with Gasteiger partial charge in [-0.25, -0.2) is 24.6 Å². The van der Waals surface area contributed by atoms with Crippen molar-refractivity contribution in [2.24, 2.45) is 25.9 Å². The number of hydrogen-bond acceptors (Lipinski definition) is 9. The third-order valence-electron chi connectivity index (χ3n) is 11.6. The number of imidazole rings is 2. The predicted octanol–water partition coefficient (Wildman–Crippen LogP) is 9.97. The zero-order valence-corrected chi connectivity index (χ0v) is 41.3. The molecule has 9 rings (SSSR count). The lowest BCUT2D eigenvalue weighted by Gasteiger charge is -2.14. The molecule has 9 aromatic rings. The fourth-order valence-electron chi connectivity index (χ4n) is 7.71. The molecule has 0 amide bonds. The van der Waals surface area contributed by atoms with Crippen molar-refractivity contribution in [2.75, 3.05) is 19.1 Å².